The number of hydrogen-bond acceptors (Lipinski definition) is 4. The van der Waals surface area contributed by atoms with Crippen LogP contribution < -0.4 is 16.4 Å². The van der Waals surface area contributed by atoms with Gasteiger partial charge in [-0.3, -0.25) is 4.79 Å². The predicted octanol–water partition coefficient (Wildman–Crippen LogP) is -0.504. The lowest BCUT2D eigenvalue weighted by molar-refractivity contribution is 0.0951. The molecule has 92 valence electrons. The number of primary amides is 1. The highest BCUT2D eigenvalue weighted by molar-refractivity contribution is 5.97. The zero-order valence-electron chi connectivity index (χ0n) is 8.93. The highest BCUT2D eigenvalue weighted by Gasteiger charge is 2.11. The molecule has 3 amide bonds. The number of carbonyl (C=O) groups is 2. The van der Waals surface area contributed by atoms with E-state index >= 15 is 0 Å². The summed E-state index contributed by atoms with van der Waals surface area (Å²) in [5.74, 6) is -0.906. The number of aromatic hydroxyl groups is 2. The standard InChI is InChI=1S/C10H13N3O4/c11-10(17)13-4-3-12-9(16)7-5-6(14)1-2-8(7)15/h1-2,5,14-15H,3-4H2,(H,12,16)(H3,11,13,17). The van der Waals surface area contributed by atoms with Gasteiger partial charge in [0.25, 0.3) is 5.91 Å². The molecule has 0 atom stereocenters. The van der Waals surface area contributed by atoms with E-state index in [2.05, 4.69) is 10.6 Å². The zero-order chi connectivity index (χ0) is 12.8. The maximum absolute atomic E-state index is 11.5. The summed E-state index contributed by atoms with van der Waals surface area (Å²) in [4.78, 5) is 21.9. The van der Waals surface area contributed by atoms with Crippen LogP contribution in [0, 0.1) is 0 Å². The summed E-state index contributed by atoms with van der Waals surface area (Å²) in [5, 5.41) is 23.3. The van der Waals surface area contributed by atoms with Crippen LogP contribution in [0.25, 0.3) is 0 Å². The van der Waals surface area contributed by atoms with Gasteiger partial charge in [0.2, 0.25) is 0 Å². The van der Waals surface area contributed by atoms with Crippen molar-refractivity contribution < 1.29 is 19.8 Å². The molecule has 0 spiro atoms. The Hall–Kier alpha value is -2.44. The lowest BCUT2D eigenvalue weighted by atomic mass is 10.2. The van der Waals surface area contributed by atoms with Gasteiger partial charge in [0.05, 0.1) is 5.56 Å². The fourth-order valence-electron chi connectivity index (χ4n) is 1.16. The van der Waals surface area contributed by atoms with E-state index in [0.717, 1.165) is 6.07 Å². The number of urea groups is 1. The van der Waals surface area contributed by atoms with E-state index in [-0.39, 0.29) is 30.2 Å². The average Bonchev–Trinajstić information content (AvgIpc) is 2.27. The first kappa shape index (κ1) is 12.6. The minimum Gasteiger partial charge on any atom is -0.508 e. The number of nitrogens with two attached hydrogens (primary N) is 1. The molecule has 0 fully saturated rings. The molecule has 7 heteroatoms. The van der Waals surface area contributed by atoms with Crippen LogP contribution >= 0.6 is 0 Å². The smallest absolute Gasteiger partial charge is 0.312 e. The Morgan fingerprint density at radius 2 is 1.82 bits per heavy atom. The highest BCUT2D eigenvalue weighted by atomic mass is 16.3. The van der Waals surface area contributed by atoms with Gasteiger partial charge in [0.1, 0.15) is 11.5 Å². The van der Waals surface area contributed by atoms with Gasteiger partial charge in [-0.15, -0.1) is 0 Å². The third-order valence-electron chi connectivity index (χ3n) is 1.93. The Morgan fingerprint density at radius 3 is 2.47 bits per heavy atom. The second-order valence-corrected chi connectivity index (χ2v) is 3.25. The summed E-state index contributed by atoms with van der Waals surface area (Å²) >= 11 is 0. The molecule has 17 heavy (non-hydrogen) atoms. The molecule has 0 bridgehead atoms. The first-order valence-electron chi connectivity index (χ1n) is 4.84. The maximum atomic E-state index is 11.5. The van der Waals surface area contributed by atoms with E-state index in [9.17, 15) is 14.7 Å². The van der Waals surface area contributed by atoms with E-state index in [0.29, 0.717) is 0 Å². The van der Waals surface area contributed by atoms with Gasteiger partial charge in [0, 0.05) is 13.1 Å². The van der Waals surface area contributed by atoms with Crippen molar-refractivity contribution in [2.45, 2.75) is 0 Å². The third kappa shape index (κ3) is 3.90. The number of phenols is 2. The van der Waals surface area contributed by atoms with E-state index in [1.807, 2.05) is 0 Å². The molecule has 1 aromatic carbocycles. The van der Waals surface area contributed by atoms with Gasteiger partial charge in [-0.05, 0) is 18.2 Å². The summed E-state index contributed by atoms with van der Waals surface area (Å²) < 4.78 is 0. The number of rotatable bonds is 4. The van der Waals surface area contributed by atoms with Crippen LogP contribution in [-0.2, 0) is 0 Å². The predicted molar refractivity (Wildman–Crippen MR) is 59.7 cm³/mol. The van der Waals surface area contributed by atoms with Crippen molar-refractivity contribution in [2.75, 3.05) is 13.1 Å². The normalized spacial score (nSPS) is 9.65. The third-order valence-corrected chi connectivity index (χ3v) is 1.93. The quantitative estimate of drug-likeness (QED) is 0.358. The van der Waals surface area contributed by atoms with Crippen molar-refractivity contribution in [2.24, 2.45) is 5.73 Å². The molecule has 0 unspecified atom stereocenters. The molecule has 0 aliphatic carbocycles. The largest absolute Gasteiger partial charge is 0.508 e. The minimum atomic E-state index is -0.681. The van der Waals surface area contributed by atoms with Crippen molar-refractivity contribution >= 4 is 11.9 Å². The Balaban J connectivity index is 2.52. The maximum Gasteiger partial charge on any atom is 0.312 e. The molecule has 0 aliphatic heterocycles. The molecule has 1 aromatic rings. The van der Waals surface area contributed by atoms with Gasteiger partial charge in [-0.25, -0.2) is 4.79 Å². The van der Waals surface area contributed by atoms with Crippen molar-refractivity contribution in [3.8, 4) is 11.5 Å². The lowest BCUT2D eigenvalue weighted by Gasteiger charge is -2.07. The zero-order valence-corrected chi connectivity index (χ0v) is 8.93. The fraction of sp³-hybridized carbons (Fsp3) is 0.200. The van der Waals surface area contributed by atoms with Gasteiger partial charge in [-0.1, -0.05) is 0 Å². The highest BCUT2D eigenvalue weighted by Crippen LogP contribution is 2.21. The second kappa shape index (κ2) is 5.59. The molecule has 0 aromatic heterocycles. The van der Waals surface area contributed by atoms with Crippen LogP contribution in [0.4, 0.5) is 4.79 Å². The van der Waals surface area contributed by atoms with Crippen molar-refractivity contribution in [3.63, 3.8) is 0 Å². The molecule has 6 N–H and O–H groups in total. The van der Waals surface area contributed by atoms with Crippen LogP contribution in [0.15, 0.2) is 18.2 Å². The first-order valence-corrected chi connectivity index (χ1v) is 4.84. The SMILES string of the molecule is NC(=O)NCCNC(=O)c1cc(O)ccc1O. The lowest BCUT2D eigenvalue weighted by Crippen LogP contribution is -2.37. The molecule has 0 aliphatic rings. The Labute approximate surface area is 97.2 Å². The molecule has 0 radical (unpaired) electrons. The number of phenolic OH excluding ortho intramolecular Hbond substituents is 2. The molecular weight excluding hydrogens is 226 g/mol. The van der Waals surface area contributed by atoms with Crippen LogP contribution in [0.2, 0.25) is 0 Å². The topological polar surface area (TPSA) is 125 Å². The summed E-state index contributed by atoms with van der Waals surface area (Å²) in [5.41, 5.74) is 4.79. The Kier molecular flexibility index (Phi) is 4.15. The molecule has 0 heterocycles. The number of carbonyl (C=O) groups excluding carboxylic acids is 2. The van der Waals surface area contributed by atoms with E-state index in [1.54, 1.807) is 0 Å². The first-order chi connectivity index (χ1) is 8.00. The van der Waals surface area contributed by atoms with E-state index in [1.165, 1.54) is 12.1 Å². The van der Waals surface area contributed by atoms with Crippen LogP contribution in [-0.4, -0.2) is 35.2 Å². The van der Waals surface area contributed by atoms with Crippen LogP contribution in [0.1, 0.15) is 10.4 Å². The Morgan fingerprint density at radius 1 is 1.18 bits per heavy atom. The van der Waals surface area contributed by atoms with Crippen LogP contribution in [0.3, 0.4) is 0 Å². The number of amides is 3. The van der Waals surface area contributed by atoms with Gasteiger partial charge < -0.3 is 26.6 Å². The molecule has 7 nitrogen and oxygen atoms in total. The summed E-state index contributed by atoms with van der Waals surface area (Å²) in [7, 11) is 0. The molecule has 1 rings (SSSR count). The summed E-state index contributed by atoms with van der Waals surface area (Å²) in [6.07, 6.45) is 0. The van der Waals surface area contributed by atoms with Crippen LogP contribution in [0.5, 0.6) is 11.5 Å². The van der Waals surface area contributed by atoms with E-state index in [4.69, 9.17) is 10.8 Å². The van der Waals surface area contributed by atoms with Crippen molar-refractivity contribution in [1.29, 1.82) is 0 Å². The second-order valence-electron chi connectivity index (χ2n) is 3.25. The number of nitrogens with one attached hydrogen (secondary N) is 2. The minimum absolute atomic E-state index is 0.0379. The average molecular weight is 239 g/mol. The van der Waals surface area contributed by atoms with Gasteiger partial charge in [0.15, 0.2) is 0 Å². The van der Waals surface area contributed by atoms with E-state index < -0.39 is 11.9 Å². The number of benzene rings is 1. The number of hydrogen-bond donors (Lipinski definition) is 5. The Bertz CT molecular complexity index is 434. The summed E-state index contributed by atoms with van der Waals surface area (Å²) in [6.45, 7) is 0.345. The van der Waals surface area contributed by atoms with Gasteiger partial charge >= 0.3 is 6.03 Å². The van der Waals surface area contributed by atoms with Gasteiger partial charge in [-0.2, -0.15) is 0 Å². The molecular formula is C10H13N3O4. The van der Waals surface area contributed by atoms with Crippen molar-refractivity contribution in [3.05, 3.63) is 23.8 Å². The molecule has 0 saturated carbocycles. The summed E-state index contributed by atoms with van der Waals surface area (Å²) in [6, 6.07) is 2.94. The molecule has 0 saturated heterocycles. The fourth-order valence-corrected chi connectivity index (χ4v) is 1.16. The monoisotopic (exact) mass is 239 g/mol. The van der Waals surface area contributed by atoms with Crippen molar-refractivity contribution in [1.82, 2.24) is 10.6 Å².